The second kappa shape index (κ2) is 6.66. The molecule has 23 heavy (non-hydrogen) atoms. The van der Waals surface area contributed by atoms with Gasteiger partial charge < -0.3 is 14.7 Å². The van der Waals surface area contributed by atoms with Crippen molar-refractivity contribution in [3.63, 3.8) is 0 Å². The highest BCUT2D eigenvalue weighted by Gasteiger charge is 2.50. The number of nitrogens with zero attached hydrogens (tertiary/aromatic N) is 1. The van der Waals surface area contributed by atoms with E-state index < -0.39 is 0 Å². The second-order valence-electron chi connectivity index (χ2n) is 7.36. The van der Waals surface area contributed by atoms with Crippen molar-refractivity contribution in [1.82, 2.24) is 4.90 Å². The molecular formula is C19H29NO2S. The van der Waals surface area contributed by atoms with Gasteiger partial charge in [0.2, 0.25) is 0 Å². The molecule has 1 saturated heterocycles. The SMILES string of the molecule is CSc1cc([C@@]23CC[C@@H](O)C[C@@H]2N(C)CC3)ccc1OC(C)C. The maximum absolute atomic E-state index is 10.1. The Morgan fingerprint density at radius 3 is 2.83 bits per heavy atom. The summed E-state index contributed by atoms with van der Waals surface area (Å²) in [7, 11) is 2.20. The fraction of sp³-hybridized carbons (Fsp3) is 0.684. The van der Waals surface area contributed by atoms with E-state index in [0.29, 0.717) is 6.04 Å². The lowest BCUT2D eigenvalue weighted by Gasteiger charge is -2.43. The van der Waals surface area contributed by atoms with Crippen LogP contribution in [0.25, 0.3) is 0 Å². The first-order chi connectivity index (χ1) is 11.0. The molecule has 4 heteroatoms. The summed E-state index contributed by atoms with van der Waals surface area (Å²) >= 11 is 1.76. The predicted octanol–water partition coefficient (Wildman–Crippen LogP) is 3.68. The molecule has 0 amide bonds. The number of benzene rings is 1. The second-order valence-corrected chi connectivity index (χ2v) is 8.21. The van der Waals surface area contributed by atoms with Crippen LogP contribution in [0.3, 0.4) is 0 Å². The fourth-order valence-electron chi connectivity index (χ4n) is 4.43. The highest BCUT2D eigenvalue weighted by Crippen LogP contribution is 2.49. The van der Waals surface area contributed by atoms with E-state index in [4.69, 9.17) is 4.74 Å². The Balaban J connectivity index is 1.96. The Hall–Kier alpha value is -0.710. The molecule has 0 spiro atoms. The highest BCUT2D eigenvalue weighted by molar-refractivity contribution is 7.98. The van der Waals surface area contributed by atoms with E-state index in [9.17, 15) is 5.11 Å². The minimum atomic E-state index is -0.141. The molecule has 3 atom stereocenters. The molecule has 1 aromatic rings. The van der Waals surface area contributed by atoms with Crippen LogP contribution in [0.15, 0.2) is 23.1 Å². The molecule has 1 saturated carbocycles. The number of fused-ring (bicyclic) bond motifs is 1. The summed E-state index contributed by atoms with van der Waals surface area (Å²) in [6, 6.07) is 7.21. The van der Waals surface area contributed by atoms with E-state index in [1.165, 1.54) is 16.9 Å². The maximum atomic E-state index is 10.1. The number of hydrogen-bond donors (Lipinski definition) is 1. The average molecular weight is 336 g/mol. The van der Waals surface area contributed by atoms with Crippen molar-refractivity contribution >= 4 is 11.8 Å². The van der Waals surface area contributed by atoms with Gasteiger partial charge in [0.1, 0.15) is 5.75 Å². The zero-order valence-electron chi connectivity index (χ0n) is 14.7. The summed E-state index contributed by atoms with van der Waals surface area (Å²) < 4.78 is 5.95. The van der Waals surface area contributed by atoms with E-state index in [-0.39, 0.29) is 17.6 Å². The number of aliphatic hydroxyl groups excluding tert-OH is 1. The predicted molar refractivity (Wildman–Crippen MR) is 96.6 cm³/mol. The van der Waals surface area contributed by atoms with Crippen LogP contribution in [-0.2, 0) is 5.41 Å². The minimum Gasteiger partial charge on any atom is -0.490 e. The number of ether oxygens (including phenoxy) is 1. The summed E-state index contributed by atoms with van der Waals surface area (Å²) in [5.41, 5.74) is 1.63. The Kier molecular flexibility index (Phi) is 4.96. The van der Waals surface area contributed by atoms with Crippen molar-refractivity contribution in [1.29, 1.82) is 0 Å². The molecule has 1 aliphatic carbocycles. The molecule has 1 aliphatic heterocycles. The number of hydrogen-bond acceptors (Lipinski definition) is 4. The van der Waals surface area contributed by atoms with Gasteiger partial charge >= 0.3 is 0 Å². The van der Waals surface area contributed by atoms with Crippen molar-refractivity contribution in [2.24, 2.45) is 0 Å². The van der Waals surface area contributed by atoms with E-state index in [1.54, 1.807) is 11.8 Å². The fourth-order valence-corrected chi connectivity index (χ4v) is 4.99. The van der Waals surface area contributed by atoms with Crippen LogP contribution in [-0.4, -0.2) is 48.1 Å². The zero-order chi connectivity index (χ0) is 16.6. The largest absolute Gasteiger partial charge is 0.490 e. The van der Waals surface area contributed by atoms with Crippen LogP contribution in [0.2, 0.25) is 0 Å². The molecule has 1 N–H and O–H groups in total. The smallest absolute Gasteiger partial charge is 0.133 e. The van der Waals surface area contributed by atoms with Gasteiger partial charge in [-0.15, -0.1) is 11.8 Å². The van der Waals surface area contributed by atoms with E-state index >= 15 is 0 Å². The van der Waals surface area contributed by atoms with E-state index in [1.807, 2.05) is 0 Å². The highest BCUT2D eigenvalue weighted by atomic mass is 32.2. The van der Waals surface area contributed by atoms with Crippen LogP contribution in [0.4, 0.5) is 0 Å². The van der Waals surface area contributed by atoms with Crippen LogP contribution in [0, 0.1) is 0 Å². The molecule has 0 unspecified atom stereocenters. The van der Waals surface area contributed by atoms with Gasteiger partial charge in [0.25, 0.3) is 0 Å². The monoisotopic (exact) mass is 335 g/mol. The van der Waals surface area contributed by atoms with Crippen LogP contribution in [0.1, 0.15) is 45.1 Å². The van der Waals surface area contributed by atoms with Gasteiger partial charge in [-0.05, 0) is 77.1 Å². The van der Waals surface area contributed by atoms with Crippen LogP contribution in [0.5, 0.6) is 5.75 Å². The number of likely N-dealkylation sites (N-methyl/N-ethyl adjacent to an activating group) is 1. The zero-order valence-corrected chi connectivity index (χ0v) is 15.5. The van der Waals surface area contributed by atoms with Gasteiger partial charge in [0.15, 0.2) is 0 Å². The molecule has 0 radical (unpaired) electrons. The number of aliphatic hydroxyl groups is 1. The molecule has 0 bridgehead atoms. The lowest BCUT2D eigenvalue weighted by Crippen LogP contribution is -2.47. The molecule has 2 fully saturated rings. The summed E-state index contributed by atoms with van der Waals surface area (Å²) in [5.74, 6) is 0.992. The number of likely N-dealkylation sites (tertiary alicyclic amines) is 1. The van der Waals surface area contributed by atoms with Gasteiger partial charge in [-0.3, -0.25) is 0 Å². The third-order valence-electron chi connectivity index (χ3n) is 5.60. The Morgan fingerprint density at radius 2 is 2.13 bits per heavy atom. The van der Waals surface area contributed by atoms with Crippen molar-refractivity contribution in [2.45, 2.75) is 68.1 Å². The topological polar surface area (TPSA) is 32.7 Å². The Morgan fingerprint density at radius 1 is 1.35 bits per heavy atom. The van der Waals surface area contributed by atoms with Crippen molar-refractivity contribution in [2.75, 3.05) is 19.8 Å². The molecule has 0 aromatic heterocycles. The maximum Gasteiger partial charge on any atom is 0.133 e. The standard InChI is InChI=1S/C19H29NO2S/c1-13(2)22-16-6-5-14(11-17(16)23-4)19-8-7-15(21)12-18(19)20(3)10-9-19/h5-6,11,13,15,18,21H,7-10,12H2,1-4H3/t15-,18+,19+/m1/s1. The average Bonchev–Trinajstić information content (AvgIpc) is 2.85. The first kappa shape index (κ1) is 17.1. The van der Waals surface area contributed by atoms with Gasteiger partial charge in [-0.25, -0.2) is 0 Å². The first-order valence-electron chi connectivity index (χ1n) is 8.70. The van der Waals surface area contributed by atoms with Crippen LogP contribution < -0.4 is 4.74 Å². The normalized spacial score (nSPS) is 31.4. The first-order valence-corrected chi connectivity index (χ1v) is 9.92. The van der Waals surface area contributed by atoms with Crippen molar-refractivity contribution in [3.8, 4) is 5.75 Å². The van der Waals surface area contributed by atoms with Crippen molar-refractivity contribution in [3.05, 3.63) is 23.8 Å². The third kappa shape index (κ3) is 3.13. The minimum absolute atomic E-state index is 0.141. The third-order valence-corrected chi connectivity index (χ3v) is 6.36. The molecule has 3 nitrogen and oxygen atoms in total. The van der Waals surface area contributed by atoms with Gasteiger partial charge in [-0.2, -0.15) is 0 Å². The summed E-state index contributed by atoms with van der Waals surface area (Å²) in [4.78, 5) is 3.67. The van der Waals surface area contributed by atoms with Gasteiger partial charge in [0.05, 0.1) is 12.2 Å². The Bertz CT molecular complexity index is 562. The molecule has 1 heterocycles. The molecular weight excluding hydrogens is 306 g/mol. The van der Waals surface area contributed by atoms with E-state index in [0.717, 1.165) is 31.6 Å². The van der Waals surface area contributed by atoms with E-state index in [2.05, 4.69) is 50.2 Å². The molecule has 3 rings (SSSR count). The van der Waals surface area contributed by atoms with Gasteiger partial charge in [0, 0.05) is 16.4 Å². The molecule has 2 aliphatic rings. The van der Waals surface area contributed by atoms with Gasteiger partial charge in [-0.1, -0.05) is 6.07 Å². The lowest BCUT2D eigenvalue weighted by atomic mass is 9.65. The number of thioether (sulfide) groups is 1. The molecule has 1 aromatic carbocycles. The summed E-state index contributed by atoms with van der Waals surface area (Å²) in [6.07, 6.45) is 6.27. The van der Waals surface area contributed by atoms with Crippen LogP contribution >= 0.6 is 11.8 Å². The lowest BCUT2D eigenvalue weighted by molar-refractivity contribution is 0.0566. The summed E-state index contributed by atoms with van der Waals surface area (Å²) in [6.45, 7) is 5.26. The molecule has 128 valence electrons. The summed E-state index contributed by atoms with van der Waals surface area (Å²) in [5, 5.41) is 10.1. The quantitative estimate of drug-likeness (QED) is 0.851. The number of rotatable bonds is 4. The van der Waals surface area contributed by atoms with Crippen molar-refractivity contribution < 1.29 is 9.84 Å². The Labute approximate surface area is 144 Å².